The van der Waals surface area contributed by atoms with E-state index in [1.807, 2.05) is 6.92 Å². The number of nitrogens with one attached hydrogen (secondary N) is 3. The lowest BCUT2D eigenvalue weighted by Crippen LogP contribution is -3.18. The van der Waals surface area contributed by atoms with Crippen molar-refractivity contribution in [2.24, 2.45) is 10.8 Å². The van der Waals surface area contributed by atoms with Crippen LogP contribution in [-0.2, 0) is 9.53 Å². The molecule has 1 unspecified atom stereocenters. The van der Waals surface area contributed by atoms with Gasteiger partial charge in [-0.3, -0.25) is 4.79 Å². The van der Waals surface area contributed by atoms with E-state index in [9.17, 15) is 14.0 Å². The molecule has 1 saturated carbocycles. The Morgan fingerprint density at radius 3 is 2.77 bits per heavy atom. The third kappa shape index (κ3) is 4.07. The summed E-state index contributed by atoms with van der Waals surface area (Å²) in [6.45, 7) is 11.8. The van der Waals surface area contributed by atoms with Gasteiger partial charge in [-0.1, -0.05) is 20.8 Å². The van der Waals surface area contributed by atoms with E-state index < -0.39 is 11.8 Å². The summed E-state index contributed by atoms with van der Waals surface area (Å²) in [5.74, 6) is -1.17. The van der Waals surface area contributed by atoms with Gasteiger partial charge in [0, 0.05) is 29.2 Å². The minimum absolute atomic E-state index is 0.145. The normalized spacial score (nSPS) is 27.8. The van der Waals surface area contributed by atoms with Gasteiger partial charge in [-0.05, 0) is 43.9 Å². The number of hydrogen-bond donors (Lipinski definition) is 3. The van der Waals surface area contributed by atoms with Crippen LogP contribution >= 0.6 is 0 Å². The van der Waals surface area contributed by atoms with E-state index in [0.29, 0.717) is 16.9 Å². The van der Waals surface area contributed by atoms with E-state index in [2.05, 4.69) is 31.1 Å². The summed E-state index contributed by atoms with van der Waals surface area (Å²) in [6.07, 6.45) is 3.40. The van der Waals surface area contributed by atoms with Gasteiger partial charge in [0.15, 0.2) is 6.04 Å². The SMILES string of the molecule is CCOC(=O)c1[nH]c2ccc(F)cc2c1NC(=O)[C@@H](C)[NH+]1C[C@@]2(C)C[C@@H]1CC(C)(C)C2. The second-order valence-electron chi connectivity index (χ2n) is 10.5. The Bertz CT molecular complexity index is 1030. The van der Waals surface area contributed by atoms with Crippen molar-refractivity contribution in [2.75, 3.05) is 18.5 Å². The van der Waals surface area contributed by atoms with E-state index in [0.717, 1.165) is 19.4 Å². The first-order chi connectivity index (χ1) is 14.5. The Morgan fingerprint density at radius 1 is 1.32 bits per heavy atom. The summed E-state index contributed by atoms with van der Waals surface area (Å²) in [7, 11) is 0. The third-order valence-corrected chi connectivity index (χ3v) is 7.04. The Balaban J connectivity index is 1.62. The van der Waals surface area contributed by atoms with Crippen molar-refractivity contribution in [3.05, 3.63) is 29.7 Å². The number of aromatic amines is 1. The number of anilines is 1. The van der Waals surface area contributed by atoms with Gasteiger partial charge in [0.1, 0.15) is 11.5 Å². The molecule has 2 fully saturated rings. The molecule has 1 aromatic carbocycles. The Hall–Kier alpha value is -2.41. The lowest BCUT2D eigenvalue weighted by Gasteiger charge is -2.37. The molecular formula is C24H33FN3O3+. The van der Waals surface area contributed by atoms with Crippen LogP contribution in [0.1, 0.15) is 64.4 Å². The summed E-state index contributed by atoms with van der Waals surface area (Å²) in [6, 6.07) is 4.37. The number of rotatable bonds is 5. The van der Waals surface area contributed by atoms with Gasteiger partial charge >= 0.3 is 5.97 Å². The number of H-pyrrole nitrogens is 1. The molecule has 4 atom stereocenters. The second kappa shape index (κ2) is 7.62. The highest BCUT2D eigenvalue weighted by Crippen LogP contribution is 2.47. The van der Waals surface area contributed by atoms with Crippen molar-refractivity contribution >= 4 is 28.5 Å². The van der Waals surface area contributed by atoms with Crippen molar-refractivity contribution in [2.45, 2.75) is 66.0 Å². The topological polar surface area (TPSA) is 75.6 Å². The highest BCUT2D eigenvalue weighted by atomic mass is 19.1. The number of aromatic nitrogens is 1. The van der Waals surface area contributed by atoms with E-state index in [1.54, 1.807) is 13.0 Å². The van der Waals surface area contributed by atoms with Crippen LogP contribution in [0.4, 0.5) is 10.1 Å². The largest absolute Gasteiger partial charge is 0.461 e. The molecular weight excluding hydrogens is 397 g/mol. The Kier molecular flexibility index (Phi) is 5.36. The molecule has 6 nitrogen and oxygen atoms in total. The zero-order chi connectivity index (χ0) is 22.6. The van der Waals surface area contributed by atoms with E-state index >= 15 is 0 Å². The molecule has 7 heteroatoms. The Morgan fingerprint density at radius 2 is 2.06 bits per heavy atom. The van der Waals surface area contributed by atoms with Crippen molar-refractivity contribution in [3.63, 3.8) is 0 Å². The van der Waals surface area contributed by atoms with Crippen LogP contribution in [0.2, 0.25) is 0 Å². The first kappa shape index (κ1) is 21.8. The number of fused-ring (bicyclic) bond motifs is 3. The fourth-order valence-electron chi connectivity index (χ4n) is 6.22. The first-order valence-corrected chi connectivity index (χ1v) is 11.2. The second-order valence-corrected chi connectivity index (χ2v) is 10.5. The molecule has 2 aliphatic rings. The molecule has 4 rings (SSSR count). The highest BCUT2D eigenvalue weighted by molar-refractivity contribution is 6.11. The maximum absolute atomic E-state index is 13.9. The van der Waals surface area contributed by atoms with Crippen LogP contribution in [0.15, 0.2) is 18.2 Å². The number of carbonyl (C=O) groups excluding carboxylic acids is 2. The zero-order valence-corrected chi connectivity index (χ0v) is 19.0. The number of carbonyl (C=O) groups is 2. The van der Waals surface area contributed by atoms with Crippen molar-refractivity contribution < 1.29 is 23.6 Å². The maximum atomic E-state index is 13.9. The molecule has 2 heterocycles. The number of benzene rings is 1. The average molecular weight is 431 g/mol. The predicted octanol–water partition coefficient (Wildman–Crippen LogP) is 3.29. The third-order valence-electron chi connectivity index (χ3n) is 7.04. The average Bonchev–Trinajstić information content (AvgIpc) is 3.14. The quantitative estimate of drug-likeness (QED) is 0.637. The molecule has 0 spiro atoms. The monoisotopic (exact) mass is 430 g/mol. The minimum atomic E-state index is -0.569. The molecule has 0 radical (unpaired) electrons. The standard InChI is InChI=1S/C24H32FN3O3/c1-6-31-22(30)20-19(17-9-15(25)7-8-18(17)26-20)27-21(29)14(2)28-13-24(5)11-16(28)10-23(3,4)12-24/h7-9,14,16,26H,6,10-13H2,1-5H3,(H,27,29)/p+1/t14-,16+,24+/m1/s1. The number of ether oxygens (including phenoxy) is 1. The number of likely N-dealkylation sites (tertiary alicyclic amines) is 1. The van der Waals surface area contributed by atoms with Crippen molar-refractivity contribution in [3.8, 4) is 0 Å². The smallest absolute Gasteiger partial charge is 0.356 e. The number of hydrogen-bond acceptors (Lipinski definition) is 3. The van der Waals surface area contributed by atoms with Crippen molar-refractivity contribution in [1.82, 2.24) is 4.98 Å². The molecule has 31 heavy (non-hydrogen) atoms. The molecule has 3 N–H and O–H groups in total. The fraction of sp³-hybridized carbons (Fsp3) is 0.583. The number of halogens is 1. The summed E-state index contributed by atoms with van der Waals surface area (Å²) in [5, 5.41) is 3.40. The van der Waals surface area contributed by atoms with Crippen LogP contribution in [0, 0.1) is 16.6 Å². The summed E-state index contributed by atoms with van der Waals surface area (Å²) in [5.41, 5.74) is 1.53. The van der Waals surface area contributed by atoms with E-state index in [1.165, 1.54) is 23.5 Å². The van der Waals surface area contributed by atoms with Crippen LogP contribution in [0.3, 0.4) is 0 Å². The van der Waals surface area contributed by atoms with Crippen LogP contribution < -0.4 is 10.2 Å². The lowest BCUT2D eigenvalue weighted by molar-refractivity contribution is -0.928. The molecule has 168 valence electrons. The molecule has 2 aromatic rings. The van der Waals surface area contributed by atoms with E-state index in [4.69, 9.17) is 4.74 Å². The van der Waals surface area contributed by atoms with Crippen LogP contribution in [0.25, 0.3) is 10.9 Å². The number of amides is 1. The van der Waals surface area contributed by atoms with Gasteiger partial charge in [-0.15, -0.1) is 0 Å². The van der Waals surface area contributed by atoms with E-state index in [-0.39, 0.29) is 40.8 Å². The maximum Gasteiger partial charge on any atom is 0.356 e. The minimum Gasteiger partial charge on any atom is -0.461 e. The zero-order valence-electron chi connectivity index (χ0n) is 19.0. The van der Waals surface area contributed by atoms with Gasteiger partial charge in [0.2, 0.25) is 0 Å². The lowest BCUT2D eigenvalue weighted by atomic mass is 9.65. The molecule has 1 saturated heterocycles. The van der Waals surface area contributed by atoms with Gasteiger partial charge in [-0.2, -0.15) is 0 Å². The van der Waals surface area contributed by atoms with Crippen LogP contribution in [0.5, 0.6) is 0 Å². The van der Waals surface area contributed by atoms with Gasteiger partial charge in [0.05, 0.1) is 24.9 Å². The number of quaternary nitrogens is 1. The first-order valence-electron chi connectivity index (χ1n) is 11.2. The highest BCUT2D eigenvalue weighted by Gasteiger charge is 2.54. The molecule has 1 aliphatic carbocycles. The summed E-state index contributed by atoms with van der Waals surface area (Å²) in [4.78, 5) is 30.1. The number of esters is 1. The van der Waals surface area contributed by atoms with Gasteiger partial charge in [-0.25, -0.2) is 9.18 Å². The summed E-state index contributed by atoms with van der Waals surface area (Å²) < 4.78 is 19.1. The van der Waals surface area contributed by atoms with Gasteiger partial charge in [0.25, 0.3) is 5.91 Å². The molecule has 2 bridgehead atoms. The van der Waals surface area contributed by atoms with Crippen LogP contribution in [-0.4, -0.2) is 42.1 Å². The van der Waals surface area contributed by atoms with Crippen molar-refractivity contribution in [1.29, 1.82) is 0 Å². The molecule has 1 aliphatic heterocycles. The molecule has 1 amide bonds. The Labute approximate surface area is 182 Å². The van der Waals surface area contributed by atoms with Gasteiger partial charge < -0.3 is 19.9 Å². The summed E-state index contributed by atoms with van der Waals surface area (Å²) >= 11 is 0. The predicted molar refractivity (Wildman–Crippen MR) is 118 cm³/mol. The molecule has 1 aromatic heterocycles. The fourth-order valence-corrected chi connectivity index (χ4v) is 6.22.